The zero-order valence-corrected chi connectivity index (χ0v) is 12.1. The lowest BCUT2D eigenvalue weighted by atomic mass is 9.92. The molecule has 1 fully saturated rings. The molecule has 17 heavy (non-hydrogen) atoms. The highest BCUT2D eigenvalue weighted by atomic mass is 16.2. The third-order valence-electron chi connectivity index (χ3n) is 3.40. The van der Waals surface area contributed by atoms with Crippen molar-refractivity contribution in [2.75, 3.05) is 33.7 Å². The van der Waals surface area contributed by atoms with Crippen LogP contribution in [0.3, 0.4) is 0 Å². The Hall–Kier alpha value is -0.610. The summed E-state index contributed by atoms with van der Waals surface area (Å²) in [7, 11) is 3.82. The number of rotatable bonds is 3. The van der Waals surface area contributed by atoms with E-state index in [0.717, 1.165) is 19.6 Å². The Balaban J connectivity index is 3.00. The molecule has 1 unspecified atom stereocenters. The Bertz CT molecular complexity index is 276. The van der Waals surface area contributed by atoms with Crippen molar-refractivity contribution < 1.29 is 4.79 Å². The van der Waals surface area contributed by atoms with Crippen LogP contribution in [-0.4, -0.2) is 61.5 Å². The molecule has 0 radical (unpaired) electrons. The second kappa shape index (κ2) is 5.36. The molecule has 1 atom stereocenters. The molecule has 1 aliphatic heterocycles. The van der Waals surface area contributed by atoms with Crippen LogP contribution in [0, 0.1) is 5.41 Å². The summed E-state index contributed by atoms with van der Waals surface area (Å²) in [6.07, 6.45) is 0. The highest BCUT2D eigenvalue weighted by molar-refractivity contribution is 5.82. The molecule has 0 aromatic heterocycles. The van der Waals surface area contributed by atoms with Gasteiger partial charge in [0.15, 0.2) is 0 Å². The van der Waals surface area contributed by atoms with Crippen LogP contribution in [0.5, 0.6) is 0 Å². The molecular formula is C13H27N3O. The summed E-state index contributed by atoms with van der Waals surface area (Å²) in [6, 6.07) is 0.356. The summed E-state index contributed by atoms with van der Waals surface area (Å²) in [6.45, 7) is 11.3. The first kappa shape index (κ1) is 14.5. The van der Waals surface area contributed by atoms with Crippen LogP contribution in [0.1, 0.15) is 27.7 Å². The van der Waals surface area contributed by atoms with Gasteiger partial charge in [0.2, 0.25) is 5.91 Å². The first-order valence-electron chi connectivity index (χ1n) is 6.44. The van der Waals surface area contributed by atoms with Crippen molar-refractivity contribution in [3.63, 3.8) is 0 Å². The highest BCUT2D eigenvalue weighted by Crippen LogP contribution is 2.25. The minimum atomic E-state index is -0.0354. The van der Waals surface area contributed by atoms with Crippen LogP contribution in [0.25, 0.3) is 0 Å². The number of amides is 1. The predicted molar refractivity (Wildman–Crippen MR) is 71.0 cm³/mol. The van der Waals surface area contributed by atoms with Gasteiger partial charge in [-0.2, -0.15) is 0 Å². The van der Waals surface area contributed by atoms with E-state index in [4.69, 9.17) is 0 Å². The molecule has 1 rings (SSSR count). The fourth-order valence-electron chi connectivity index (χ4n) is 2.71. The van der Waals surface area contributed by atoms with Gasteiger partial charge in [0.25, 0.3) is 0 Å². The Morgan fingerprint density at radius 1 is 1.41 bits per heavy atom. The SMILES string of the molecule is CNCC1C(=O)N(C)CC(C)(C)CN1C(C)C. The zero-order chi connectivity index (χ0) is 13.2. The molecular weight excluding hydrogens is 214 g/mol. The van der Waals surface area contributed by atoms with Crippen molar-refractivity contribution in [3.05, 3.63) is 0 Å². The number of nitrogens with zero attached hydrogens (tertiary/aromatic N) is 2. The smallest absolute Gasteiger partial charge is 0.241 e. The van der Waals surface area contributed by atoms with Gasteiger partial charge in [0.1, 0.15) is 6.04 Å². The van der Waals surface area contributed by atoms with Crippen molar-refractivity contribution in [1.29, 1.82) is 0 Å². The van der Waals surface area contributed by atoms with Crippen LogP contribution in [0.2, 0.25) is 0 Å². The minimum absolute atomic E-state index is 0.0354. The quantitative estimate of drug-likeness (QED) is 0.793. The maximum absolute atomic E-state index is 12.4. The lowest BCUT2D eigenvalue weighted by Crippen LogP contribution is -2.52. The van der Waals surface area contributed by atoms with Gasteiger partial charge in [0.05, 0.1) is 0 Å². The largest absolute Gasteiger partial charge is 0.344 e. The van der Waals surface area contributed by atoms with Gasteiger partial charge in [-0.25, -0.2) is 0 Å². The molecule has 1 heterocycles. The van der Waals surface area contributed by atoms with Crippen LogP contribution < -0.4 is 5.32 Å². The number of nitrogens with one attached hydrogen (secondary N) is 1. The Morgan fingerprint density at radius 3 is 2.47 bits per heavy atom. The molecule has 1 amide bonds. The van der Waals surface area contributed by atoms with Gasteiger partial charge in [-0.3, -0.25) is 9.69 Å². The summed E-state index contributed by atoms with van der Waals surface area (Å²) in [4.78, 5) is 16.6. The first-order chi connectivity index (χ1) is 7.78. The average molecular weight is 241 g/mol. The van der Waals surface area contributed by atoms with E-state index in [0.29, 0.717) is 6.04 Å². The highest BCUT2D eigenvalue weighted by Gasteiger charge is 2.38. The maximum Gasteiger partial charge on any atom is 0.241 e. The van der Waals surface area contributed by atoms with Crippen molar-refractivity contribution in [1.82, 2.24) is 15.1 Å². The second-order valence-electron chi connectivity index (χ2n) is 6.20. The molecule has 1 aliphatic rings. The molecule has 1 N–H and O–H groups in total. The zero-order valence-electron chi connectivity index (χ0n) is 12.1. The molecule has 0 bridgehead atoms. The normalized spacial score (nSPS) is 26.4. The van der Waals surface area contributed by atoms with E-state index in [-0.39, 0.29) is 17.4 Å². The summed E-state index contributed by atoms with van der Waals surface area (Å²) >= 11 is 0. The molecule has 1 saturated heterocycles. The molecule has 0 spiro atoms. The first-order valence-corrected chi connectivity index (χ1v) is 6.44. The van der Waals surface area contributed by atoms with E-state index < -0.39 is 0 Å². The third kappa shape index (κ3) is 3.42. The van der Waals surface area contributed by atoms with Gasteiger partial charge in [0, 0.05) is 32.7 Å². The van der Waals surface area contributed by atoms with E-state index in [9.17, 15) is 4.79 Å². The van der Waals surface area contributed by atoms with Crippen LogP contribution in [0.15, 0.2) is 0 Å². The Morgan fingerprint density at radius 2 is 2.00 bits per heavy atom. The number of carbonyl (C=O) groups excluding carboxylic acids is 1. The van der Waals surface area contributed by atoms with Crippen molar-refractivity contribution in [2.45, 2.75) is 39.8 Å². The molecule has 0 saturated carbocycles. The van der Waals surface area contributed by atoms with E-state index in [1.54, 1.807) is 0 Å². The summed E-state index contributed by atoms with van der Waals surface area (Å²) in [5, 5.41) is 3.14. The van der Waals surface area contributed by atoms with E-state index in [1.165, 1.54) is 0 Å². The minimum Gasteiger partial charge on any atom is -0.344 e. The monoisotopic (exact) mass is 241 g/mol. The molecule has 0 aromatic rings. The van der Waals surface area contributed by atoms with E-state index in [1.807, 2.05) is 19.0 Å². The maximum atomic E-state index is 12.4. The number of carbonyl (C=O) groups is 1. The van der Waals surface area contributed by atoms with Gasteiger partial charge >= 0.3 is 0 Å². The topological polar surface area (TPSA) is 35.6 Å². The molecule has 4 heteroatoms. The van der Waals surface area contributed by atoms with Gasteiger partial charge in [-0.05, 0) is 26.3 Å². The Kier molecular flexibility index (Phi) is 4.55. The summed E-state index contributed by atoms with van der Waals surface area (Å²) in [5.74, 6) is 0.235. The van der Waals surface area contributed by atoms with E-state index >= 15 is 0 Å². The standard InChI is InChI=1S/C13H27N3O/c1-10(2)16-9-13(3,4)8-15(6)12(17)11(16)7-14-5/h10-11,14H,7-9H2,1-6H3. The van der Waals surface area contributed by atoms with E-state index in [2.05, 4.69) is 37.9 Å². The average Bonchev–Trinajstić information content (AvgIpc) is 2.28. The lowest BCUT2D eigenvalue weighted by molar-refractivity contribution is -0.134. The van der Waals surface area contributed by atoms with Crippen LogP contribution >= 0.6 is 0 Å². The molecule has 4 nitrogen and oxygen atoms in total. The number of likely N-dealkylation sites (N-methyl/N-ethyl adjacent to an activating group) is 2. The van der Waals surface area contributed by atoms with Gasteiger partial charge in [-0.1, -0.05) is 13.8 Å². The summed E-state index contributed by atoms with van der Waals surface area (Å²) in [5.41, 5.74) is 0.150. The molecule has 0 aromatic carbocycles. The fourth-order valence-corrected chi connectivity index (χ4v) is 2.71. The molecule has 0 aliphatic carbocycles. The number of hydrogen-bond donors (Lipinski definition) is 1. The van der Waals surface area contributed by atoms with Crippen molar-refractivity contribution in [3.8, 4) is 0 Å². The van der Waals surface area contributed by atoms with Gasteiger partial charge < -0.3 is 10.2 Å². The third-order valence-corrected chi connectivity index (χ3v) is 3.40. The van der Waals surface area contributed by atoms with Crippen LogP contribution in [-0.2, 0) is 4.79 Å². The van der Waals surface area contributed by atoms with Crippen molar-refractivity contribution in [2.24, 2.45) is 5.41 Å². The number of hydrogen-bond acceptors (Lipinski definition) is 3. The summed E-state index contributed by atoms with van der Waals surface area (Å²) < 4.78 is 0. The van der Waals surface area contributed by atoms with Gasteiger partial charge in [-0.15, -0.1) is 0 Å². The van der Waals surface area contributed by atoms with Crippen LogP contribution in [0.4, 0.5) is 0 Å². The van der Waals surface area contributed by atoms with Crippen molar-refractivity contribution >= 4 is 5.91 Å². The second-order valence-corrected chi connectivity index (χ2v) is 6.20. The predicted octanol–water partition coefficient (Wildman–Crippen LogP) is 0.783. The lowest BCUT2D eigenvalue weighted by Gasteiger charge is -2.35. The molecule has 100 valence electrons. The fraction of sp³-hybridized carbons (Fsp3) is 0.923. The Labute approximate surface area is 105 Å².